The Labute approximate surface area is 109 Å². The molecule has 0 bridgehead atoms. The predicted octanol–water partition coefficient (Wildman–Crippen LogP) is 3.06. The fraction of sp³-hybridized carbons (Fsp3) is 0.500. The molecule has 0 aromatic heterocycles. The summed E-state index contributed by atoms with van der Waals surface area (Å²) in [6, 6.07) is 6.25. The van der Waals surface area contributed by atoms with Crippen LogP contribution in [-0.2, 0) is 0 Å². The molecule has 1 saturated carbocycles. The maximum absolute atomic E-state index is 5.89. The summed E-state index contributed by atoms with van der Waals surface area (Å²) in [6.07, 6.45) is 3.53. The van der Waals surface area contributed by atoms with Gasteiger partial charge >= 0.3 is 0 Å². The highest BCUT2D eigenvalue weighted by molar-refractivity contribution is 5.66. The molecular weight excluding hydrogens is 222 g/mol. The van der Waals surface area contributed by atoms with Gasteiger partial charge in [0.1, 0.15) is 0 Å². The van der Waals surface area contributed by atoms with Gasteiger partial charge in [-0.2, -0.15) is 0 Å². The van der Waals surface area contributed by atoms with Gasteiger partial charge in [-0.15, -0.1) is 0 Å². The minimum absolute atomic E-state index is 0.263. The van der Waals surface area contributed by atoms with Crippen LogP contribution < -0.4 is 9.64 Å². The molecule has 0 amide bonds. The van der Waals surface area contributed by atoms with Crippen LogP contribution in [0.25, 0.3) is 0 Å². The molecule has 1 aliphatic heterocycles. The molecule has 94 valence electrons. The number of anilines is 1. The van der Waals surface area contributed by atoms with Crippen molar-refractivity contribution in [3.05, 3.63) is 23.8 Å². The average Bonchev–Trinajstić information content (AvgIpc) is 3.13. The van der Waals surface area contributed by atoms with E-state index in [4.69, 9.17) is 4.74 Å². The van der Waals surface area contributed by atoms with Crippen LogP contribution in [0.3, 0.4) is 0 Å². The number of para-hydroxylation sites is 1. The van der Waals surface area contributed by atoms with E-state index in [2.05, 4.69) is 48.9 Å². The van der Waals surface area contributed by atoms with Crippen LogP contribution in [0, 0.1) is 17.3 Å². The zero-order chi connectivity index (χ0) is 12.6. The Morgan fingerprint density at radius 3 is 2.94 bits per heavy atom. The first-order valence-electron chi connectivity index (χ1n) is 6.68. The third kappa shape index (κ3) is 2.18. The number of hydrogen-bond donors (Lipinski definition) is 0. The Morgan fingerprint density at radius 2 is 2.17 bits per heavy atom. The van der Waals surface area contributed by atoms with Gasteiger partial charge in [0.2, 0.25) is 0 Å². The maximum atomic E-state index is 5.89. The summed E-state index contributed by atoms with van der Waals surface area (Å²) in [6.45, 7) is 4.06. The largest absolute Gasteiger partial charge is 0.490 e. The zero-order valence-electron chi connectivity index (χ0n) is 11.1. The van der Waals surface area contributed by atoms with Crippen LogP contribution in [0.4, 0.5) is 5.69 Å². The number of ether oxygens (including phenoxy) is 1. The number of rotatable bonds is 0. The van der Waals surface area contributed by atoms with E-state index < -0.39 is 0 Å². The molecule has 0 unspecified atom stereocenters. The molecule has 0 N–H and O–H groups in total. The van der Waals surface area contributed by atoms with Gasteiger partial charge in [0.15, 0.2) is 5.75 Å². The minimum Gasteiger partial charge on any atom is -0.490 e. The van der Waals surface area contributed by atoms with Crippen molar-refractivity contribution in [2.24, 2.45) is 5.41 Å². The van der Waals surface area contributed by atoms with Gasteiger partial charge in [-0.05, 0) is 38.3 Å². The Kier molecular flexibility index (Phi) is 2.70. The third-order valence-corrected chi connectivity index (χ3v) is 3.79. The van der Waals surface area contributed by atoms with Crippen LogP contribution in [0.15, 0.2) is 18.2 Å². The number of hydrogen-bond acceptors (Lipinski definition) is 2. The van der Waals surface area contributed by atoms with Gasteiger partial charge in [0, 0.05) is 19.0 Å². The highest BCUT2D eigenvalue weighted by atomic mass is 16.5. The topological polar surface area (TPSA) is 12.5 Å². The highest BCUT2D eigenvalue weighted by Gasteiger charge is 2.35. The van der Waals surface area contributed by atoms with Gasteiger partial charge in [0.05, 0.1) is 17.9 Å². The Hall–Kier alpha value is -1.62. The molecular formula is C16H19NO. The monoisotopic (exact) mass is 241 g/mol. The Balaban J connectivity index is 1.99. The summed E-state index contributed by atoms with van der Waals surface area (Å²) in [5.74, 6) is 7.67. The Morgan fingerprint density at radius 1 is 1.33 bits per heavy atom. The molecule has 0 atom stereocenters. The number of nitrogens with zero attached hydrogens (tertiary/aromatic N) is 1. The number of fused-ring (bicyclic) bond motifs is 1. The van der Waals surface area contributed by atoms with Crippen molar-refractivity contribution in [3.8, 4) is 17.6 Å². The fourth-order valence-electron chi connectivity index (χ4n) is 2.20. The van der Waals surface area contributed by atoms with Crippen molar-refractivity contribution < 1.29 is 4.74 Å². The Bertz CT molecular complexity index is 520. The second-order valence-corrected chi connectivity index (χ2v) is 5.59. The lowest BCUT2D eigenvalue weighted by molar-refractivity contribution is 0.321. The van der Waals surface area contributed by atoms with E-state index in [1.807, 2.05) is 0 Å². The standard InChI is InChI=1S/C16H19NO/c1-16(9-10-16)8-7-13-5-3-6-14-15(13)18-12-4-11-17(14)2/h3,5-6H,4,9-12H2,1-2H3. The molecule has 3 rings (SSSR count). The lowest BCUT2D eigenvalue weighted by Gasteiger charge is -2.18. The second-order valence-electron chi connectivity index (χ2n) is 5.59. The van der Waals surface area contributed by atoms with Gasteiger partial charge in [-0.1, -0.05) is 17.9 Å². The summed E-state index contributed by atoms with van der Waals surface area (Å²) in [5.41, 5.74) is 2.47. The minimum atomic E-state index is 0.263. The van der Waals surface area contributed by atoms with Crippen molar-refractivity contribution in [1.82, 2.24) is 0 Å². The smallest absolute Gasteiger partial charge is 0.158 e. The summed E-state index contributed by atoms with van der Waals surface area (Å²) in [4.78, 5) is 2.26. The van der Waals surface area contributed by atoms with Crippen LogP contribution in [0.1, 0.15) is 31.7 Å². The van der Waals surface area contributed by atoms with Crippen molar-refractivity contribution >= 4 is 5.69 Å². The molecule has 2 heteroatoms. The molecule has 1 aromatic rings. The van der Waals surface area contributed by atoms with E-state index >= 15 is 0 Å². The molecule has 1 aromatic carbocycles. The number of benzene rings is 1. The van der Waals surface area contributed by atoms with Crippen molar-refractivity contribution in [2.45, 2.75) is 26.2 Å². The lowest BCUT2D eigenvalue weighted by atomic mass is 10.1. The van der Waals surface area contributed by atoms with Crippen molar-refractivity contribution in [1.29, 1.82) is 0 Å². The van der Waals surface area contributed by atoms with Crippen LogP contribution in [-0.4, -0.2) is 20.2 Å². The fourth-order valence-corrected chi connectivity index (χ4v) is 2.20. The maximum Gasteiger partial charge on any atom is 0.158 e. The third-order valence-electron chi connectivity index (χ3n) is 3.79. The lowest BCUT2D eigenvalue weighted by Crippen LogP contribution is -2.17. The van der Waals surface area contributed by atoms with Crippen LogP contribution >= 0.6 is 0 Å². The first-order valence-corrected chi connectivity index (χ1v) is 6.68. The van der Waals surface area contributed by atoms with E-state index in [0.29, 0.717) is 0 Å². The first-order chi connectivity index (χ1) is 8.68. The van der Waals surface area contributed by atoms with Crippen LogP contribution in [0.2, 0.25) is 0 Å². The van der Waals surface area contributed by atoms with E-state index in [1.54, 1.807) is 0 Å². The molecule has 0 saturated heterocycles. The van der Waals surface area contributed by atoms with E-state index in [-0.39, 0.29) is 5.41 Å². The molecule has 1 aliphatic carbocycles. The van der Waals surface area contributed by atoms with Gasteiger partial charge in [-0.25, -0.2) is 0 Å². The summed E-state index contributed by atoms with van der Waals surface area (Å²) in [7, 11) is 2.12. The molecule has 18 heavy (non-hydrogen) atoms. The predicted molar refractivity (Wildman–Crippen MR) is 74.0 cm³/mol. The van der Waals surface area contributed by atoms with Gasteiger partial charge in [-0.3, -0.25) is 0 Å². The molecule has 1 fully saturated rings. The summed E-state index contributed by atoms with van der Waals surface area (Å²) < 4.78 is 5.89. The van der Waals surface area contributed by atoms with Crippen LogP contribution in [0.5, 0.6) is 5.75 Å². The average molecular weight is 241 g/mol. The quantitative estimate of drug-likeness (QED) is 0.647. The van der Waals surface area contributed by atoms with Crippen molar-refractivity contribution in [3.63, 3.8) is 0 Å². The SMILES string of the molecule is CN1CCCOc2c(C#CC3(C)CC3)cccc21. The van der Waals surface area contributed by atoms with E-state index in [9.17, 15) is 0 Å². The zero-order valence-corrected chi connectivity index (χ0v) is 11.1. The van der Waals surface area contributed by atoms with E-state index in [1.165, 1.54) is 18.5 Å². The van der Waals surface area contributed by atoms with Gasteiger partial charge in [0.25, 0.3) is 0 Å². The second kappa shape index (κ2) is 4.24. The first kappa shape index (κ1) is 11.5. The summed E-state index contributed by atoms with van der Waals surface area (Å²) in [5, 5.41) is 0. The van der Waals surface area contributed by atoms with Crippen molar-refractivity contribution in [2.75, 3.05) is 25.1 Å². The normalized spacial score (nSPS) is 20.0. The van der Waals surface area contributed by atoms with E-state index in [0.717, 1.165) is 30.9 Å². The molecule has 2 aliphatic rings. The molecule has 0 radical (unpaired) electrons. The van der Waals surface area contributed by atoms with Gasteiger partial charge < -0.3 is 9.64 Å². The molecule has 1 heterocycles. The molecule has 0 spiro atoms. The highest BCUT2D eigenvalue weighted by Crippen LogP contribution is 2.44. The summed E-state index contributed by atoms with van der Waals surface area (Å²) >= 11 is 0. The molecule has 2 nitrogen and oxygen atoms in total.